The van der Waals surface area contributed by atoms with Gasteiger partial charge in [-0.2, -0.15) is 4.98 Å². The van der Waals surface area contributed by atoms with E-state index in [2.05, 4.69) is 41.3 Å². The van der Waals surface area contributed by atoms with Gasteiger partial charge in [0, 0.05) is 12.1 Å². The van der Waals surface area contributed by atoms with Crippen LogP contribution in [-0.2, 0) is 0 Å². The number of fused-ring (bicyclic) bond motifs is 1. The molecule has 7 nitrogen and oxygen atoms in total. The second kappa shape index (κ2) is 9.81. The summed E-state index contributed by atoms with van der Waals surface area (Å²) in [6.45, 7) is 3.74. The molecule has 2 aromatic carbocycles. The molecule has 1 fully saturated rings. The van der Waals surface area contributed by atoms with Crippen LogP contribution in [0.4, 0.5) is 0 Å². The number of unbranched alkanes of at least 4 members (excludes halogenated alkanes) is 4. The number of hydrogen-bond donors (Lipinski definition) is 2. The summed E-state index contributed by atoms with van der Waals surface area (Å²) in [4.78, 5) is 6.40. The second-order valence-electron chi connectivity index (χ2n) is 8.18. The first-order chi connectivity index (χ1) is 15.2. The average Bonchev–Trinajstić information content (AvgIpc) is 3.45. The summed E-state index contributed by atoms with van der Waals surface area (Å²) in [5.74, 6) is 2.03. The lowest BCUT2D eigenvalue weighted by molar-refractivity contribution is 0.283. The number of nitrogens with zero attached hydrogens (tertiary/aromatic N) is 3. The van der Waals surface area contributed by atoms with Crippen LogP contribution in [0.5, 0.6) is 5.75 Å². The molecule has 164 valence electrons. The van der Waals surface area contributed by atoms with E-state index in [4.69, 9.17) is 20.4 Å². The van der Waals surface area contributed by atoms with Gasteiger partial charge >= 0.3 is 0 Å². The molecular formula is C24H31N5O2. The van der Waals surface area contributed by atoms with Crippen LogP contribution in [0.25, 0.3) is 22.2 Å². The average molecular weight is 422 g/mol. The minimum absolute atomic E-state index is 0.0481. The Hall–Kier alpha value is -3.09. The lowest BCUT2D eigenvalue weighted by atomic mass is 10.1. The van der Waals surface area contributed by atoms with E-state index in [-0.39, 0.29) is 12.0 Å². The van der Waals surface area contributed by atoms with Gasteiger partial charge in [-0.3, -0.25) is 5.41 Å². The van der Waals surface area contributed by atoms with Gasteiger partial charge in [0.15, 0.2) is 5.96 Å². The third-order valence-electron chi connectivity index (χ3n) is 5.88. The number of guanidine groups is 1. The first-order valence-corrected chi connectivity index (χ1v) is 11.3. The first-order valence-electron chi connectivity index (χ1n) is 11.3. The van der Waals surface area contributed by atoms with Crippen molar-refractivity contribution in [3.63, 3.8) is 0 Å². The fraction of sp³-hybridized carbons (Fsp3) is 0.458. The predicted molar refractivity (Wildman–Crippen MR) is 122 cm³/mol. The van der Waals surface area contributed by atoms with Crippen molar-refractivity contribution in [3.05, 3.63) is 42.3 Å². The zero-order valence-electron chi connectivity index (χ0n) is 18.1. The molecule has 0 amide bonds. The molecule has 7 heteroatoms. The summed E-state index contributed by atoms with van der Waals surface area (Å²) in [5.41, 5.74) is 6.59. The Kier molecular flexibility index (Phi) is 6.70. The summed E-state index contributed by atoms with van der Waals surface area (Å²) in [6.07, 6.45) is 7.99. The summed E-state index contributed by atoms with van der Waals surface area (Å²) in [6, 6.07) is 12.2. The number of hydrogen-bond acceptors (Lipinski definition) is 5. The molecule has 0 radical (unpaired) electrons. The van der Waals surface area contributed by atoms with Crippen molar-refractivity contribution in [1.29, 1.82) is 5.41 Å². The van der Waals surface area contributed by atoms with Crippen LogP contribution in [-0.4, -0.2) is 34.2 Å². The van der Waals surface area contributed by atoms with Crippen LogP contribution in [0.2, 0.25) is 0 Å². The number of ether oxygens (including phenoxy) is 1. The van der Waals surface area contributed by atoms with Gasteiger partial charge in [0.25, 0.3) is 0 Å². The highest BCUT2D eigenvalue weighted by molar-refractivity contribution is 5.87. The molecule has 3 N–H and O–H groups in total. The zero-order chi connectivity index (χ0) is 21.6. The summed E-state index contributed by atoms with van der Waals surface area (Å²) < 4.78 is 11.4. The Morgan fingerprint density at radius 2 is 1.97 bits per heavy atom. The third-order valence-corrected chi connectivity index (χ3v) is 5.88. The normalized spacial score (nSPS) is 16.2. The number of aromatic nitrogens is 2. The molecule has 1 aliphatic rings. The van der Waals surface area contributed by atoms with Crippen molar-refractivity contribution in [2.75, 3.05) is 13.2 Å². The molecule has 1 unspecified atom stereocenters. The molecule has 1 aromatic heterocycles. The van der Waals surface area contributed by atoms with Crippen LogP contribution >= 0.6 is 0 Å². The van der Waals surface area contributed by atoms with Crippen molar-refractivity contribution in [3.8, 4) is 17.1 Å². The van der Waals surface area contributed by atoms with Gasteiger partial charge in [-0.1, -0.05) is 56.0 Å². The summed E-state index contributed by atoms with van der Waals surface area (Å²) in [7, 11) is 0. The highest BCUT2D eigenvalue weighted by Gasteiger charge is 2.31. The molecule has 4 rings (SSSR count). The number of likely N-dealkylation sites (tertiary alicyclic amines) is 1. The van der Waals surface area contributed by atoms with Crippen LogP contribution in [0.1, 0.15) is 63.8 Å². The molecule has 0 bridgehead atoms. The van der Waals surface area contributed by atoms with Crippen LogP contribution in [0, 0.1) is 5.41 Å². The number of rotatable bonds is 9. The molecule has 0 spiro atoms. The summed E-state index contributed by atoms with van der Waals surface area (Å²) in [5, 5.41) is 14.1. The minimum atomic E-state index is -0.110. The molecule has 3 aromatic rings. The highest BCUT2D eigenvalue weighted by atomic mass is 16.5. The highest BCUT2D eigenvalue weighted by Crippen LogP contribution is 2.32. The third kappa shape index (κ3) is 4.98. The van der Waals surface area contributed by atoms with Crippen molar-refractivity contribution in [1.82, 2.24) is 15.0 Å². The Morgan fingerprint density at radius 3 is 2.81 bits per heavy atom. The molecular weight excluding hydrogens is 390 g/mol. The van der Waals surface area contributed by atoms with Crippen LogP contribution in [0.3, 0.4) is 0 Å². The smallest absolute Gasteiger partial charge is 0.249 e. The molecule has 1 atom stereocenters. The Labute approximate surface area is 183 Å². The number of nitrogens with one attached hydrogen (secondary N) is 1. The maximum atomic E-state index is 7.73. The Bertz CT molecular complexity index is 1030. The largest absolute Gasteiger partial charge is 0.494 e. The lowest BCUT2D eigenvalue weighted by Crippen LogP contribution is -2.35. The van der Waals surface area contributed by atoms with Crippen molar-refractivity contribution < 1.29 is 9.26 Å². The van der Waals surface area contributed by atoms with Crippen molar-refractivity contribution >= 4 is 16.7 Å². The van der Waals surface area contributed by atoms with Gasteiger partial charge in [0.05, 0.1) is 6.61 Å². The second-order valence-corrected chi connectivity index (χ2v) is 8.18. The Balaban J connectivity index is 1.43. The van der Waals surface area contributed by atoms with Crippen LogP contribution < -0.4 is 10.5 Å². The fourth-order valence-corrected chi connectivity index (χ4v) is 4.15. The monoisotopic (exact) mass is 421 g/mol. The number of benzene rings is 2. The van der Waals surface area contributed by atoms with E-state index in [1.165, 1.54) is 25.7 Å². The molecule has 0 saturated carbocycles. The minimum Gasteiger partial charge on any atom is -0.494 e. The molecule has 0 aliphatic carbocycles. The zero-order valence-corrected chi connectivity index (χ0v) is 18.1. The maximum Gasteiger partial charge on any atom is 0.249 e. The van der Waals surface area contributed by atoms with Gasteiger partial charge in [0.1, 0.15) is 11.8 Å². The van der Waals surface area contributed by atoms with E-state index >= 15 is 0 Å². The molecule has 1 saturated heterocycles. The molecule has 31 heavy (non-hydrogen) atoms. The van der Waals surface area contributed by atoms with E-state index in [1.807, 2.05) is 17.0 Å². The summed E-state index contributed by atoms with van der Waals surface area (Å²) >= 11 is 0. The van der Waals surface area contributed by atoms with Gasteiger partial charge in [-0.15, -0.1) is 0 Å². The van der Waals surface area contributed by atoms with E-state index < -0.39 is 0 Å². The van der Waals surface area contributed by atoms with Crippen molar-refractivity contribution in [2.45, 2.75) is 57.9 Å². The van der Waals surface area contributed by atoms with Gasteiger partial charge in [-0.05, 0) is 48.2 Å². The fourth-order valence-electron chi connectivity index (χ4n) is 4.15. The van der Waals surface area contributed by atoms with Gasteiger partial charge < -0.3 is 19.9 Å². The quantitative estimate of drug-likeness (QED) is 0.277. The van der Waals surface area contributed by atoms with Crippen LogP contribution in [0.15, 0.2) is 40.9 Å². The maximum absolute atomic E-state index is 7.73. The SMILES string of the molecule is CCCCCCCOc1ccc2cc(-c3noc(C4CCCN4C(=N)N)n3)ccc2c1. The first kappa shape index (κ1) is 21.2. The van der Waals surface area contributed by atoms with Gasteiger partial charge in [-0.25, -0.2) is 0 Å². The Morgan fingerprint density at radius 1 is 1.16 bits per heavy atom. The van der Waals surface area contributed by atoms with Gasteiger partial charge in [0.2, 0.25) is 11.7 Å². The van der Waals surface area contributed by atoms with E-state index in [1.54, 1.807) is 0 Å². The lowest BCUT2D eigenvalue weighted by Gasteiger charge is -2.21. The number of nitrogens with two attached hydrogens (primary N) is 1. The topological polar surface area (TPSA) is 101 Å². The molecule has 1 aliphatic heterocycles. The van der Waals surface area contributed by atoms with E-state index in [0.717, 1.165) is 54.5 Å². The standard InChI is InChI=1S/C24H31N5O2/c1-2-3-4-5-6-14-30-20-12-11-17-15-19(10-9-18(17)16-20)22-27-23(31-28-22)21-8-7-13-29(21)24(25)26/h9-12,15-16,21H,2-8,13-14H2,1H3,(H3,25,26). The predicted octanol–water partition coefficient (Wildman–Crippen LogP) is 5.27. The van der Waals surface area contributed by atoms with Crippen molar-refractivity contribution in [2.24, 2.45) is 5.73 Å². The van der Waals surface area contributed by atoms with E-state index in [0.29, 0.717) is 11.7 Å². The molecule has 2 heterocycles. The van der Waals surface area contributed by atoms with E-state index in [9.17, 15) is 0 Å².